The van der Waals surface area contributed by atoms with E-state index in [1.165, 1.54) is 25.0 Å². The SMILES string of the molecule is C.CCCCCOC(=O)C(C)(C)N.CCCCCOC(=O)C(C)(C)NP(=O)(CO[C@H](C)Cn1cnc2c(N)ncnc21)Oc1cccc(C#N)c1.C[C@H](Cn1cnc2c(N)ncnc21)OCP(=O)(O)O.Cl.[3H]F.[V]. The van der Waals surface area contributed by atoms with Crippen molar-refractivity contribution in [1.29, 1.82) is 6.71 Å². The van der Waals surface area contributed by atoms with Crippen LogP contribution in [-0.4, -0.2) is 111 Å². The van der Waals surface area contributed by atoms with Crippen molar-refractivity contribution < 1.29 is 75.3 Å². The molecule has 0 aliphatic rings. The second-order valence-electron chi connectivity index (χ2n) is 17.1. The molecule has 0 fully saturated rings. The molecule has 4 aromatic heterocycles. The van der Waals surface area contributed by atoms with Gasteiger partial charge in [0.1, 0.15) is 53.2 Å². The predicted molar refractivity (Wildman–Crippen MR) is 275 cm³/mol. The monoisotopic (exact) mass is 1130 g/mol. The Morgan fingerprint density at radius 1 is 0.822 bits per heavy atom. The number of aromatic nitrogens is 8. The first-order chi connectivity index (χ1) is 33.4. The number of imidazole rings is 2. The Morgan fingerprint density at radius 2 is 1.29 bits per heavy atom. The van der Waals surface area contributed by atoms with Crippen molar-refractivity contribution in [3.63, 3.8) is 0 Å². The number of anilines is 2. The van der Waals surface area contributed by atoms with Gasteiger partial charge in [0.15, 0.2) is 22.9 Å². The van der Waals surface area contributed by atoms with E-state index >= 15 is 0 Å². The maximum atomic E-state index is 14.0. The normalized spacial score (nSPS) is 12.8. The van der Waals surface area contributed by atoms with E-state index in [-0.39, 0.29) is 74.7 Å². The molecule has 0 spiro atoms. The molecule has 5 rings (SSSR count). The first kappa shape index (κ1) is 68.2. The molecule has 1 unspecified atom stereocenters. The number of unbranched alkanes of at least 4 members (excludes halogenated alkanes) is 4. The minimum atomic E-state index is -4.16. The Hall–Kier alpha value is -4.83. The molecular weight excluding hydrogens is 1050 g/mol. The molecule has 5 aromatic rings. The Balaban J connectivity index is 0. The number of carbonyl (C=O) groups excluding carboxylic acids is 2. The second kappa shape index (κ2) is 33.2. The average Bonchev–Trinajstić information content (AvgIpc) is 3.93. The van der Waals surface area contributed by atoms with E-state index in [9.17, 15) is 24.0 Å². The van der Waals surface area contributed by atoms with E-state index in [4.69, 9.17) is 55.2 Å². The number of ether oxygens (including phenoxy) is 4. The van der Waals surface area contributed by atoms with Crippen molar-refractivity contribution in [2.75, 3.05) is 37.4 Å². The van der Waals surface area contributed by atoms with E-state index in [1.807, 2.05) is 6.07 Å². The minimum Gasteiger partial charge on any atom is -0.464 e. The fourth-order valence-corrected chi connectivity index (χ4v) is 8.38. The molecule has 0 bridgehead atoms. The smallest absolute Gasteiger partial charge is 0.350 e. The number of benzene rings is 1. The molecule has 3 atom stereocenters. The van der Waals surface area contributed by atoms with Crippen LogP contribution in [0.25, 0.3) is 22.3 Å². The van der Waals surface area contributed by atoms with Gasteiger partial charge < -0.3 is 59.6 Å². The number of nitrogens with zero attached hydrogens (tertiary/aromatic N) is 9. The van der Waals surface area contributed by atoms with Crippen molar-refractivity contribution in [3.8, 4) is 11.8 Å². The second-order valence-corrected chi connectivity index (χ2v) is 20.7. The quantitative estimate of drug-likeness (QED) is 0.0214. The third kappa shape index (κ3) is 24.4. The fraction of sp³-hybridized carbons (Fsp3) is 0.568. The summed E-state index contributed by atoms with van der Waals surface area (Å²) in [7, 11) is -8.00. The number of rotatable bonds is 24. The Bertz CT molecular complexity index is 2590. The summed E-state index contributed by atoms with van der Waals surface area (Å²) >= 11 is 0. The van der Waals surface area contributed by atoms with Crippen molar-refractivity contribution in [2.24, 2.45) is 5.73 Å². The Kier molecular flexibility index (Phi) is 31.0. The van der Waals surface area contributed by atoms with Gasteiger partial charge >= 0.3 is 27.1 Å². The van der Waals surface area contributed by atoms with Crippen molar-refractivity contribution in [2.45, 2.75) is 138 Å². The maximum absolute atomic E-state index is 14.0. The van der Waals surface area contributed by atoms with Gasteiger partial charge in [-0.05, 0) is 72.6 Å². The van der Waals surface area contributed by atoms with Crippen LogP contribution in [0, 0.1) is 11.3 Å². The minimum absolute atomic E-state index is 0. The van der Waals surface area contributed by atoms with Gasteiger partial charge in [-0.3, -0.25) is 23.4 Å². The number of hydrogen-bond donors (Lipinski definition) is 6. The van der Waals surface area contributed by atoms with E-state index in [1.54, 1.807) is 75.2 Å². The number of nitriles is 1. The van der Waals surface area contributed by atoms with Crippen LogP contribution in [-0.2, 0) is 69.3 Å². The molecule has 9 N–H and O–H groups in total. The van der Waals surface area contributed by atoms with Crippen molar-refractivity contribution >= 4 is 73.4 Å². The topological polar surface area (TPSA) is 356 Å². The van der Waals surface area contributed by atoms with E-state index in [2.05, 4.69) is 50.3 Å². The van der Waals surface area contributed by atoms with Gasteiger partial charge in [-0.15, -0.1) is 12.4 Å². The number of carbonyl (C=O) groups is 2. The van der Waals surface area contributed by atoms with Gasteiger partial charge in [0.25, 0.3) is 1.45 Å². The molecule has 0 aliphatic heterocycles. The Labute approximate surface area is 445 Å². The summed E-state index contributed by atoms with van der Waals surface area (Å²) in [5.74, 6) is -0.117. The molecule has 4 heterocycles. The summed E-state index contributed by atoms with van der Waals surface area (Å²) in [4.78, 5) is 65.7. The molecule has 1 radical (unpaired) electrons. The summed E-state index contributed by atoms with van der Waals surface area (Å²) in [5, 5.41) is 12.1. The van der Waals surface area contributed by atoms with Crippen LogP contribution in [0.2, 0.25) is 0 Å². The van der Waals surface area contributed by atoms with Gasteiger partial charge in [-0.25, -0.2) is 35.0 Å². The average molecular weight is 1130 g/mol. The molecule has 24 nitrogen and oxygen atoms in total. The summed E-state index contributed by atoms with van der Waals surface area (Å²) < 4.78 is 68.4. The number of nitrogens with two attached hydrogens (primary N) is 3. The van der Waals surface area contributed by atoms with Crippen LogP contribution >= 0.6 is 27.5 Å². The zero-order valence-electron chi connectivity index (χ0n) is 42.7. The molecule has 0 aliphatic carbocycles. The molecule has 0 saturated carbocycles. The van der Waals surface area contributed by atoms with Gasteiger partial charge in [0, 0.05) is 18.6 Å². The van der Waals surface area contributed by atoms with Crippen LogP contribution in [0.1, 0.15) is 107 Å². The first-order valence-corrected chi connectivity index (χ1v) is 25.8. The largest absolute Gasteiger partial charge is 0.464 e. The molecule has 1 aromatic carbocycles. The number of fused-ring (bicyclic) bond motifs is 2. The number of halogens is 2. The van der Waals surface area contributed by atoms with Crippen LogP contribution in [0.5, 0.6) is 5.75 Å². The van der Waals surface area contributed by atoms with Gasteiger partial charge in [-0.2, -0.15) is 5.26 Å². The number of esters is 2. The third-order valence-electron chi connectivity index (χ3n) is 9.49. The van der Waals surface area contributed by atoms with Crippen LogP contribution in [0.4, 0.5) is 16.4 Å². The maximum Gasteiger partial charge on any atom is 0.350 e. The molecule has 0 amide bonds. The van der Waals surface area contributed by atoms with Crippen molar-refractivity contribution in [3.05, 3.63) is 55.1 Å². The number of nitrogens with one attached hydrogen (secondary N) is 1. The zero-order chi connectivity index (χ0) is 53.4. The summed E-state index contributed by atoms with van der Waals surface area (Å²) in [6.07, 6.45) is 9.81. The van der Waals surface area contributed by atoms with Crippen molar-refractivity contribution in [1.82, 2.24) is 44.1 Å². The van der Waals surface area contributed by atoms with Gasteiger partial charge in [-0.1, -0.05) is 53.0 Å². The molecular formula is C44H73ClFN13O11P2V. The molecule has 0 saturated heterocycles. The van der Waals surface area contributed by atoms with Crippen LogP contribution in [0.3, 0.4) is 0 Å². The standard InChI is InChI=1S/C25H34N7O5P.C9H14N5O4P.C9H19NO2.CH4.ClH.FH.V/c1-5-6-7-11-35-24(33)25(3,4)31-38(34,37-20-10-8-9-19(12-20)13-26)17-36-18(2)14-32-16-30-21-22(27)28-15-29-23(21)32;1-6(18-5-19(15,16)17)2-14-4-13-7-8(10)11-3-12-9(7)14;1-4-5-6-7-12-8(11)9(2,3)10;;;;/h8-10,12,15-16,18H,5-7,11,14,17H2,1-4H3,(H,31,34)(H2,27,28,29);3-4,6H,2,5H2,1H3,(H2,10,11,12)(H2,15,16,17);4-7,10H2,1-3H3;1H4;2*1H;/t18-,38?;6-;;;;;/m11...../s1/i/hT. The summed E-state index contributed by atoms with van der Waals surface area (Å²) in [6.45, 7) is 15.6. The molecule has 73 heavy (non-hydrogen) atoms. The first-order valence-electron chi connectivity index (χ1n) is 22.6. The van der Waals surface area contributed by atoms with Gasteiger partial charge in [0.2, 0.25) is 0 Å². The summed E-state index contributed by atoms with van der Waals surface area (Å²) in [6, 6.07) is 8.29. The number of nitrogen functional groups attached to an aromatic ring is 2. The van der Waals surface area contributed by atoms with Crippen LogP contribution in [0.15, 0.2) is 49.6 Å². The fourth-order valence-electron chi connectivity index (χ4n) is 5.92. The molecule has 29 heteroatoms. The van der Waals surface area contributed by atoms with E-state index in [0.717, 1.165) is 38.5 Å². The summed E-state index contributed by atoms with van der Waals surface area (Å²) in [5.41, 5.74) is 17.3. The van der Waals surface area contributed by atoms with Crippen LogP contribution < -0.4 is 26.8 Å². The van der Waals surface area contributed by atoms with E-state index < -0.39 is 50.7 Å². The zero-order valence-corrected chi connectivity index (χ0v) is 45.7. The predicted octanol–water partition coefficient (Wildman–Crippen LogP) is 6.63. The third-order valence-corrected chi connectivity index (χ3v) is 11.9. The number of hydrogen-bond acceptors (Lipinski definition) is 19. The Morgan fingerprint density at radius 3 is 1.73 bits per heavy atom. The van der Waals surface area contributed by atoms with E-state index in [0.29, 0.717) is 47.6 Å². The molecule has 409 valence electrons. The van der Waals surface area contributed by atoms with Gasteiger partial charge in [0.05, 0.1) is 62.8 Å².